The van der Waals surface area contributed by atoms with E-state index in [1.165, 1.54) is 23.0 Å². The largest absolute Gasteiger partial charge is 0.378 e. The van der Waals surface area contributed by atoms with Gasteiger partial charge >= 0.3 is 0 Å². The van der Waals surface area contributed by atoms with Gasteiger partial charge in [-0.25, -0.2) is 0 Å². The van der Waals surface area contributed by atoms with Gasteiger partial charge in [-0.2, -0.15) is 4.99 Å². The molecule has 3 aliphatic rings. The summed E-state index contributed by atoms with van der Waals surface area (Å²) < 4.78 is 5.51. The fourth-order valence-electron chi connectivity index (χ4n) is 4.69. The normalized spacial score (nSPS) is 23.4. The minimum Gasteiger partial charge on any atom is -0.378 e. The van der Waals surface area contributed by atoms with Crippen molar-refractivity contribution in [2.75, 3.05) is 31.2 Å². The third kappa shape index (κ3) is 4.45. The van der Waals surface area contributed by atoms with Crippen LogP contribution in [0.2, 0.25) is 0 Å². The molecule has 0 unspecified atom stereocenters. The predicted octanol–water partition coefficient (Wildman–Crippen LogP) is 4.27. The van der Waals surface area contributed by atoms with E-state index in [4.69, 9.17) is 4.74 Å². The van der Waals surface area contributed by atoms with Crippen molar-refractivity contribution in [3.05, 3.63) is 82.9 Å². The smallest absolute Gasteiger partial charge is 0.285 e. The van der Waals surface area contributed by atoms with Crippen LogP contribution in [0.4, 0.5) is 5.69 Å². The van der Waals surface area contributed by atoms with E-state index in [-0.39, 0.29) is 5.91 Å². The average molecular weight is 471 g/mol. The van der Waals surface area contributed by atoms with Gasteiger partial charge in [-0.05, 0) is 53.9 Å². The van der Waals surface area contributed by atoms with E-state index in [1.807, 2.05) is 18.3 Å². The van der Waals surface area contributed by atoms with E-state index in [0.717, 1.165) is 54.4 Å². The molecule has 1 aliphatic carbocycles. The summed E-state index contributed by atoms with van der Waals surface area (Å²) in [6, 6.07) is 19.3. The number of fused-ring (bicyclic) bond motifs is 1. The Morgan fingerprint density at radius 1 is 1.12 bits per heavy atom. The molecule has 2 aliphatic heterocycles. The SMILES string of the molecule is O=C1N=C(N[C@@H]2C[C@H]2c2ccccc2)S/C1=C\Cc1ccc2nccc(N3CCOCC3)c2c1. The zero-order chi connectivity index (χ0) is 22.9. The first kappa shape index (κ1) is 21.4. The van der Waals surface area contributed by atoms with Crippen LogP contribution in [0.25, 0.3) is 10.9 Å². The van der Waals surface area contributed by atoms with E-state index >= 15 is 0 Å². The lowest BCUT2D eigenvalue weighted by Gasteiger charge is -2.29. The second-order valence-corrected chi connectivity index (χ2v) is 9.91. The first-order valence-corrected chi connectivity index (χ1v) is 12.6. The number of pyridine rings is 1. The van der Waals surface area contributed by atoms with E-state index in [2.05, 4.69) is 68.7 Å². The van der Waals surface area contributed by atoms with Crippen molar-refractivity contribution < 1.29 is 9.53 Å². The highest BCUT2D eigenvalue weighted by atomic mass is 32.2. The van der Waals surface area contributed by atoms with Crippen molar-refractivity contribution in [2.45, 2.75) is 24.8 Å². The van der Waals surface area contributed by atoms with Gasteiger partial charge in [-0.3, -0.25) is 9.78 Å². The lowest BCUT2D eigenvalue weighted by atomic mass is 10.1. The lowest BCUT2D eigenvalue weighted by Crippen LogP contribution is -2.36. The van der Waals surface area contributed by atoms with Crippen LogP contribution >= 0.6 is 11.8 Å². The number of amidine groups is 1. The molecule has 1 amide bonds. The van der Waals surface area contributed by atoms with Crippen LogP contribution < -0.4 is 10.2 Å². The number of hydrogen-bond donors (Lipinski definition) is 1. The molecule has 3 aromatic rings. The molecule has 1 saturated carbocycles. The third-order valence-electron chi connectivity index (χ3n) is 6.61. The molecular formula is C27H26N4O2S. The molecule has 1 saturated heterocycles. The average Bonchev–Trinajstić information content (AvgIpc) is 3.56. The van der Waals surface area contributed by atoms with Crippen molar-refractivity contribution in [3.8, 4) is 0 Å². The number of nitrogens with one attached hydrogen (secondary N) is 1. The first-order chi connectivity index (χ1) is 16.7. The maximum absolute atomic E-state index is 12.5. The Labute approximate surface area is 203 Å². The summed E-state index contributed by atoms with van der Waals surface area (Å²) in [6.07, 6.45) is 5.63. The summed E-state index contributed by atoms with van der Waals surface area (Å²) in [6.45, 7) is 3.27. The van der Waals surface area contributed by atoms with Crippen LogP contribution in [-0.2, 0) is 16.0 Å². The standard InChI is InChI=1S/C27H26N4O2S/c32-26-25(34-27(30-26)29-23-17-20(23)19-4-2-1-3-5-19)9-7-18-6-8-22-21(16-18)24(10-11-28-22)31-12-14-33-15-13-31/h1-6,8-11,16,20,23H,7,12-15,17H2,(H,29,30,32)/b25-9-/t20-,23+/m0/s1. The molecule has 2 atom stereocenters. The first-order valence-electron chi connectivity index (χ1n) is 11.8. The van der Waals surface area contributed by atoms with Crippen molar-refractivity contribution in [3.63, 3.8) is 0 Å². The molecule has 1 aromatic heterocycles. The summed E-state index contributed by atoms with van der Waals surface area (Å²) in [5.41, 5.74) is 4.68. The molecule has 2 fully saturated rings. The molecule has 2 aromatic carbocycles. The van der Waals surface area contributed by atoms with Gasteiger partial charge in [0, 0.05) is 42.3 Å². The van der Waals surface area contributed by atoms with Crippen LogP contribution in [0.3, 0.4) is 0 Å². The fourth-order valence-corrected chi connectivity index (χ4v) is 5.53. The van der Waals surface area contributed by atoms with Crippen LogP contribution in [-0.4, -0.2) is 48.4 Å². The molecule has 0 radical (unpaired) electrons. The van der Waals surface area contributed by atoms with Crippen LogP contribution in [0.1, 0.15) is 23.5 Å². The van der Waals surface area contributed by atoms with E-state index in [1.54, 1.807) is 0 Å². The Bertz CT molecular complexity index is 1280. The zero-order valence-corrected chi connectivity index (χ0v) is 19.6. The van der Waals surface area contributed by atoms with E-state index in [0.29, 0.717) is 23.3 Å². The number of hydrogen-bond acceptors (Lipinski definition) is 6. The molecule has 7 heteroatoms. The highest BCUT2D eigenvalue weighted by Gasteiger charge is 2.40. The second-order valence-electron chi connectivity index (χ2n) is 8.88. The van der Waals surface area contributed by atoms with Gasteiger partial charge in [-0.15, -0.1) is 0 Å². The molecule has 172 valence electrons. The molecule has 1 N–H and O–H groups in total. The number of allylic oxidation sites excluding steroid dienone is 1. The minimum absolute atomic E-state index is 0.152. The Morgan fingerprint density at radius 3 is 2.82 bits per heavy atom. The molecule has 6 nitrogen and oxygen atoms in total. The Balaban J connectivity index is 1.13. The number of ether oxygens (including phenoxy) is 1. The van der Waals surface area contributed by atoms with Gasteiger partial charge in [0.05, 0.1) is 23.6 Å². The maximum atomic E-state index is 12.5. The fraction of sp³-hybridized carbons (Fsp3) is 0.296. The quantitative estimate of drug-likeness (QED) is 0.562. The van der Waals surface area contributed by atoms with Crippen molar-refractivity contribution in [2.24, 2.45) is 4.99 Å². The van der Waals surface area contributed by atoms with E-state index in [9.17, 15) is 4.79 Å². The number of nitrogens with zero attached hydrogens (tertiary/aromatic N) is 3. The summed E-state index contributed by atoms with van der Waals surface area (Å²) in [4.78, 5) is 24.3. The zero-order valence-electron chi connectivity index (χ0n) is 18.8. The summed E-state index contributed by atoms with van der Waals surface area (Å²) >= 11 is 1.45. The predicted molar refractivity (Wildman–Crippen MR) is 137 cm³/mol. The number of morpholine rings is 1. The van der Waals surface area contributed by atoms with Gasteiger partial charge in [0.2, 0.25) is 0 Å². The number of anilines is 1. The number of amides is 1. The molecule has 3 heterocycles. The summed E-state index contributed by atoms with van der Waals surface area (Å²) in [7, 11) is 0. The van der Waals surface area contributed by atoms with Gasteiger partial charge in [0.1, 0.15) is 0 Å². The van der Waals surface area contributed by atoms with Crippen molar-refractivity contribution >= 4 is 39.4 Å². The number of rotatable bonds is 5. The van der Waals surface area contributed by atoms with Crippen LogP contribution in [0.15, 0.2) is 76.8 Å². The number of carbonyl (C=O) groups is 1. The van der Waals surface area contributed by atoms with Crippen LogP contribution in [0.5, 0.6) is 0 Å². The lowest BCUT2D eigenvalue weighted by molar-refractivity contribution is -0.113. The highest BCUT2D eigenvalue weighted by molar-refractivity contribution is 8.18. The Kier molecular flexibility index (Phi) is 5.81. The maximum Gasteiger partial charge on any atom is 0.285 e. The minimum atomic E-state index is -0.152. The Morgan fingerprint density at radius 2 is 1.97 bits per heavy atom. The van der Waals surface area contributed by atoms with Crippen molar-refractivity contribution in [1.82, 2.24) is 10.3 Å². The summed E-state index contributed by atoms with van der Waals surface area (Å²) in [5.74, 6) is 0.348. The van der Waals surface area contributed by atoms with Crippen molar-refractivity contribution in [1.29, 1.82) is 0 Å². The second kappa shape index (κ2) is 9.24. The Hall–Kier alpha value is -3.16. The topological polar surface area (TPSA) is 66.8 Å². The molecule has 6 rings (SSSR count). The number of aromatic nitrogens is 1. The van der Waals surface area contributed by atoms with Crippen LogP contribution in [0, 0.1) is 0 Å². The van der Waals surface area contributed by atoms with Gasteiger partial charge in [-0.1, -0.05) is 42.5 Å². The van der Waals surface area contributed by atoms with Gasteiger partial charge in [0.15, 0.2) is 5.17 Å². The highest BCUT2D eigenvalue weighted by Crippen LogP contribution is 2.41. The molecule has 0 spiro atoms. The molecule has 0 bridgehead atoms. The number of carbonyl (C=O) groups excluding carboxylic acids is 1. The summed E-state index contributed by atoms with van der Waals surface area (Å²) in [5, 5.41) is 5.32. The van der Waals surface area contributed by atoms with E-state index < -0.39 is 0 Å². The monoisotopic (exact) mass is 470 g/mol. The molecule has 34 heavy (non-hydrogen) atoms. The number of aliphatic imine (C=N–C) groups is 1. The number of thioether (sulfide) groups is 1. The number of benzene rings is 2. The van der Waals surface area contributed by atoms with Gasteiger partial charge in [0.25, 0.3) is 5.91 Å². The third-order valence-corrected chi connectivity index (χ3v) is 7.57. The van der Waals surface area contributed by atoms with Gasteiger partial charge < -0.3 is 15.0 Å². The molecular weight excluding hydrogens is 444 g/mol.